The van der Waals surface area contributed by atoms with Gasteiger partial charge in [-0.05, 0) is 54.8 Å². The molecule has 11 heteroatoms. The number of benzene rings is 2. The minimum atomic E-state index is -4.64. The number of hydrogen-bond acceptors (Lipinski definition) is 4. The Hall–Kier alpha value is -2.97. The summed E-state index contributed by atoms with van der Waals surface area (Å²) in [5.41, 5.74) is 0.750. The highest BCUT2D eigenvalue weighted by Crippen LogP contribution is 2.27. The monoisotopic (exact) mass is 483 g/mol. The van der Waals surface area contributed by atoms with Crippen LogP contribution in [0.25, 0.3) is 0 Å². The minimum absolute atomic E-state index is 0.110. The van der Waals surface area contributed by atoms with Gasteiger partial charge in [-0.1, -0.05) is 12.1 Å². The number of alkyl halides is 3. The fraction of sp³-hybridized carbons (Fsp3) is 0.364. The molecule has 176 valence electrons. The minimum Gasteiger partial charge on any atom is -0.329 e. The van der Waals surface area contributed by atoms with Gasteiger partial charge in [0.2, 0.25) is 15.9 Å². The Morgan fingerprint density at radius 2 is 1.76 bits per heavy atom. The van der Waals surface area contributed by atoms with Gasteiger partial charge in [0.05, 0.1) is 22.4 Å². The van der Waals surface area contributed by atoms with Crippen LogP contribution in [0.5, 0.6) is 0 Å². The summed E-state index contributed by atoms with van der Waals surface area (Å²) >= 11 is 0. The highest BCUT2D eigenvalue weighted by molar-refractivity contribution is 7.89. The summed E-state index contributed by atoms with van der Waals surface area (Å²) in [5, 5.41) is 8.87. The Bertz CT molecular complexity index is 1130. The molecule has 1 aliphatic rings. The Morgan fingerprint density at radius 3 is 2.33 bits per heavy atom. The molecule has 2 aromatic carbocycles. The van der Waals surface area contributed by atoms with Gasteiger partial charge < -0.3 is 4.90 Å². The fourth-order valence-corrected chi connectivity index (χ4v) is 5.23. The topological polar surface area (TPSA) is 81.5 Å². The molecule has 1 fully saturated rings. The van der Waals surface area contributed by atoms with Crippen molar-refractivity contribution in [3.8, 4) is 6.07 Å². The van der Waals surface area contributed by atoms with Crippen LogP contribution < -0.4 is 0 Å². The summed E-state index contributed by atoms with van der Waals surface area (Å²) in [5.74, 6) is -2.35. The zero-order chi connectivity index (χ0) is 24.2. The number of piperidine rings is 1. The van der Waals surface area contributed by atoms with Gasteiger partial charge in [0.15, 0.2) is 0 Å². The van der Waals surface area contributed by atoms with E-state index >= 15 is 0 Å². The first-order chi connectivity index (χ1) is 15.5. The molecule has 1 heterocycles. The molecule has 0 aromatic heterocycles. The van der Waals surface area contributed by atoms with Gasteiger partial charge in [-0.2, -0.15) is 22.7 Å². The van der Waals surface area contributed by atoms with Crippen molar-refractivity contribution in [1.82, 2.24) is 9.21 Å². The van der Waals surface area contributed by atoms with Crippen LogP contribution in [-0.4, -0.2) is 49.3 Å². The molecule has 6 nitrogen and oxygen atoms in total. The fourth-order valence-electron chi connectivity index (χ4n) is 3.71. The molecule has 0 spiro atoms. The van der Waals surface area contributed by atoms with Crippen LogP contribution in [0.2, 0.25) is 0 Å². The number of carbonyl (C=O) groups is 1. The molecule has 0 aliphatic carbocycles. The van der Waals surface area contributed by atoms with E-state index in [9.17, 15) is 30.8 Å². The van der Waals surface area contributed by atoms with E-state index in [2.05, 4.69) is 0 Å². The Balaban J connectivity index is 1.79. The first kappa shape index (κ1) is 24.7. The maximum Gasteiger partial charge on any atom is 0.406 e. The third-order valence-electron chi connectivity index (χ3n) is 5.32. The van der Waals surface area contributed by atoms with E-state index < -0.39 is 40.4 Å². The molecule has 1 atom stereocenters. The van der Waals surface area contributed by atoms with Crippen LogP contribution in [0.15, 0.2) is 53.4 Å². The zero-order valence-electron chi connectivity index (χ0n) is 17.4. The summed E-state index contributed by atoms with van der Waals surface area (Å²) in [6.45, 7) is -1.96. The van der Waals surface area contributed by atoms with Crippen molar-refractivity contribution in [3.05, 3.63) is 65.5 Å². The Morgan fingerprint density at radius 1 is 1.12 bits per heavy atom. The number of rotatable bonds is 6. The number of nitrogens with zero attached hydrogens (tertiary/aromatic N) is 3. The predicted molar refractivity (Wildman–Crippen MR) is 111 cm³/mol. The lowest BCUT2D eigenvalue weighted by Gasteiger charge is -2.34. The van der Waals surface area contributed by atoms with Gasteiger partial charge in [0.1, 0.15) is 12.4 Å². The van der Waals surface area contributed by atoms with Crippen LogP contribution in [0, 0.1) is 23.1 Å². The highest BCUT2D eigenvalue weighted by Gasteiger charge is 2.39. The largest absolute Gasteiger partial charge is 0.406 e. The average Bonchev–Trinajstić information content (AvgIpc) is 2.78. The van der Waals surface area contributed by atoms with Crippen LogP contribution in [-0.2, 0) is 21.4 Å². The third kappa shape index (κ3) is 6.30. The van der Waals surface area contributed by atoms with Crippen LogP contribution in [0.1, 0.15) is 24.0 Å². The number of nitriles is 1. The summed E-state index contributed by atoms with van der Waals surface area (Å²) in [6.07, 6.45) is -4.10. The maximum atomic E-state index is 13.2. The van der Waals surface area contributed by atoms with Gasteiger partial charge >= 0.3 is 6.18 Å². The van der Waals surface area contributed by atoms with E-state index in [1.807, 2.05) is 6.07 Å². The SMILES string of the molecule is N#Cc1ccc(CN(CC(F)(F)F)C(=O)C2CCCN(S(=O)(=O)c3ccc(F)cc3)C2)cc1. The molecule has 33 heavy (non-hydrogen) atoms. The van der Waals surface area contributed by atoms with Crippen molar-refractivity contribution in [2.75, 3.05) is 19.6 Å². The maximum absolute atomic E-state index is 13.2. The molecule has 3 rings (SSSR count). The van der Waals surface area contributed by atoms with Crippen molar-refractivity contribution >= 4 is 15.9 Å². The molecule has 2 aromatic rings. The number of sulfonamides is 1. The lowest BCUT2D eigenvalue weighted by Crippen LogP contribution is -2.48. The Labute approximate surface area is 189 Å². The van der Waals surface area contributed by atoms with Crippen LogP contribution in [0.3, 0.4) is 0 Å². The highest BCUT2D eigenvalue weighted by atomic mass is 32.2. The van der Waals surface area contributed by atoms with E-state index in [1.165, 1.54) is 24.3 Å². The van der Waals surface area contributed by atoms with Crippen molar-refractivity contribution in [2.24, 2.45) is 5.92 Å². The van der Waals surface area contributed by atoms with E-state index in [0.717, 1.165) is 28.6 Å². The Kier molecular flexibility index (Phi) is 7.39. The van der Waals surface area contributed by atoms with Crippen LogP contribution >= 0.6 is 0 Å². The lowest BCUT2D eigenvalue weighted by molar-refractivity contribution is -0.165. The van der Waals surface area contributed by atoms with Gasteiger partial charge in [0.25, 0.3) is 0 Å². The second-order valence-electron chi connectivity index (χ2n) is 7.77. The van der Waals surface area contributed by atoms with Crippen molar-refractivity contribution < 1.29 is 30.8 Å². The quantitative estimate of drug-likeness (QED) is 0.587. The number of hydrogen-bond donors (Lipinski definition) is 0. The molecular weight excluding hydrogens is 462 g/mol. The first-order valence-corrected chi connectivity index (χ1v) is 11.5. The van der Waals surface area contributed by atoms with Crippen molar-refractivity contribution in [2.45, 2.75) is 30.5 Å². The van der Waals surface area contributed by atoms with E-state index in [-0.39, 0.29) is 31.0 Å². The first-order valence-electron chi connectivity index (χ1n) is 10.1. The van der Waals surface area contributed by atoms with Gasteiger partial charge in [-0.15, -0.1) is 0 Å². The molecule has 0 bridgehead atoms. The van der Waals surface area contributed by atoms with E-state index in [4.69, 9.17) is 5.26 Å². The second kappa shape index (κ2) is 9.89. The van der Waals surface area contributed by atoms with Crippen molar-refractivity contribution in [3.63, 3.8) is 0 Å². The average molecular weight is 483 g/mol. The smallest absolute Gasteiger partial charge is 0.329 e. The lowest BCUT2D eigenvalue weighted by atomic mass is 9.97. The van der Waals surface area contributed by atoms with Gasteiger partial charge in [-0.25, -0.2) is 12.8 Å². The summed E-state index contributed by atoms with van der Waals surface area (Å²) in [7, 11) is -4.03. The normalized spacial score (nSPS) is 17.4. The molecular formula is C22H21F4N3O3S. The van der Waals surface area contributed by atoms with E-state index in [0.29, 0.717) is 22.4 Å². The number of carbonyl (C=O) groups excluding carboxylic acids is 1. The summed E-state index contributed by atoms with van der Waals surface area (Å²) in [4.78, 5) is 13.6. The third-order valence-corrected chi connectivity index (χ3v) is 7.20. The molecule has 0 N–H and O–H groups in total. The van der Waals surface area contributed by atoms with Crippen LogP contribution in [0.4, 0.5) is 17.6 Å². The molecule has 1 aliphatic heterocycles. The zero-order valence-corrected chi connectivity index (χ0v) is 18.2. The molecule has 1 unspecified atom stereocenters. The predicted octanol–water partition coefficient (Wildman–Crippen LogP) is 3.69. The number of halogens is 4. The molecule has 0 saturated carbocycles. The standard InChI is InChI=1S/C22H21F4N3O3S/c23-19-7-9-20(10-8-19)33(31,32)29-11-1-2-18(14-29)21(30)28(15-22(24,25)26)13-17-5-3-16(12-27)4-6-17/h3-10,18H,1-2,11,13-15H2. The molecule has 0 radical (unpaired) electrons. The second-order valence-corrected chi connectivity index (χ2v) is 9.71. The van der Waals surface area contributed by atoms with Gasteiger partial charge in [-0.3, -0.25) is 4.79 Å². The molecule has 1 amide bonds. The van der Waals surface area contributed by atoms with Gasteiger partial charge in [0, 0.05) is 19.6 Å². The number of amides is 1. The summed E-state index contributed by atoms with van der Waals surface area (Å²) < 4.78 is 79.6. The summed E-state index contributed by atoms with van der Waals surface area (Å²) in [6, 6.07) is 12.0. The van der Waals surface area contributed by atoms with Crippen molar-refractivity contribution in [1.29, 1.82) is 5.26 Å². The molecule has 1 saturated heterocycles. The van der Waals surface area contributed by atoms with E-state index in [1.54, 1.807) is 0 Å².